The highest BCUT2D eigenvalue weighted by atomic mass is 32.2. The van der Waals surface area contributed by atoms with Crippen LogP contribution in [-0.4, -0.2) is 37.6 Å². The Kier molecular flexibility index (Phi) is 6.59. The van der Waals surface area contributed by atoms with Gasteiger partial charge in [-0.3, -0.25) is 14.8 Å². The van der Waals surface area contributed by atoms with Crippen LogP contribution < -0.4 is 4.72 Å². The molecule has 1 aliphatic rings. The van der Waals surface area contributed by atoms with Gasteiger partial charge in [-0.2, -0.15) is 17.9 Å². The standard InChI is InChI=1S/C23H22N4O6S2/c1-2-34(30,31)25-19-13-11-17(12-14-19)22-16-23(18-7-6-8-20(15-18)27(28)29)26(24-22)35(32,33)21-9-4-3-5-10-21/h3-15,23,25H,2,16H2,1H3. The zero-order valence-corrected chi connectivity index (χ0v) is 20.2. The van der Waals surface area contributed by atoms with Gasteiger partial charge >= 0.3 is 0 Å². The molecule has 10 nitrogen and oxygen atoms in total. The van der Waals surface area contributed by atoms with E-state index in [0.29, 0.717) is 22.5 Å². The van der Waals surface area contributed by atoms with Crippen molar-refractivity contribution in [3.05, 3.63) is 100 Å². The molecule has 1 atom stereocenters. The molecule has 0 radical (unpaired) electrons. The lowest BCUT2D eigenvalue weighted by Gasteiger charge is -2.23. The maximum absolute atomic E-state index is 13.5. The Morgan fingerprint density at radius 3 is 2.31 bits per heavy atom. The fourth-order valence-electron chi connectivity index (χ4n) is 3.66. The van der Waals surface area contributed by atoms with Crippen molar-refractivity contribution in [2.24, 2.45) is 5.10 Å². The van der Waals surface area contributed by atoms with Crippen molar-refractivity contribution in [3.8, 4) is 0 Å². The molecular weight excluding hydrogens is 492 g/mol. The first-order valence-electron chi connectivity index (χ1n) is 10.6. The molecule has 0 saturated carbocycles. The maximum Gasteiger partial charge on any atom is 0.279 e. The van der Waals surface area contributed by atoms with Crippen molar-refractivity contribution < 1.29 is 21.8 Å². The molecule has 1 heterocycles. The molecule has 0 amide bonds. The predicted molar refractivity (Wildman–Crippen MR) is 132 cm³/mol. The number of benzene rings is 3. The summed E-state index contributed by atoms with van der Waals surface area (Å²) in [5.74, 6) is -0.0708. The van der Waals surface area contributed by atoms with Crippen LogP contribution in [0.4, 0.5) is 11.4 Å². The van der Waals surface area contributed by atoms with Crippen LogP contribution in [0.5, 0.6) is 0 Å². The Labute approximate surface area is 203 Å². The molecule has 1 aliphatic heterocycles. The number of hydrogen-bond acceptors (Lipinski definition) is 7. The zero-order valence-electron chi connectivity index (χ0n) is 18.6. The highest BCUT2D eigenvalue weighted by Crippen LogP contribution is 2.38. The summed E-state index contributed by atoms with van der Waals surface area (Å²) in [4.78, 5) is 10.8. The second-order valence-corrected chi connectivity index (χ2v) is 11.6. The van der Waals surface area contributed by atoms with Crippen LogP contribution in [0.3, 0.4) is 0 Å². The molecule has 182 valence electrons. The Morgan fingerprint density at radius 1 is 1.00 bits per heavy atom. The van der Waals surface area contributed by atoms with Gasteiger partial charge < -0.3 is 0 Å². The summed E-state index contributed by atoms with van der Waals surface area (Å²) in [6.07, 6.45) is 0.174. The summed E-state index contributed by atoms with van der Waals surface area (Å²) in [5, 5.41) is 15.7. The van der Waals surface area contributed by atoms with Crippen molar-refractivity contribution in [1.82, 2.24) is 4.41 Å². The molecule has 12 heteroatoms. The SMILES string of the molecule is CCS(=O)(=O)Nc1ccc(C2=NN(S(=O)(=O)c3ccccc3)C(c3cccc([N+](=O)[O-])c3)C2)cc1. The van der Waals surface area contributed by atoms with Crippen molar-refractivity contribution in [2.75, 3.05) is 10.5 Å². The first-order valence-corrected chi connectivity index (χ1v) is 13.7. The third-order valence-electron chi connectivity index (χ3n) is 5.50. The summed E-state index contributed by atoms with van der Waals surface area (Å²) >= 11 is 0. The van der Waals surface area contributed by atoms with Gasteiger partial charge in [-0.25, -0.2) is 8.42 Å². The second-order valence-electron chi connectivity index (χ2n) is 7.79. The lowest BCUT2D eigenvalue weighted by atomic mass is 9.99. The number of non-ortho nitro benzene ring substituents is 1. The Hall–Kier alpha value is -3.77. The summed E-state index contributed by atoms with van der Waals surface area (Å²) < 4.78 is 54.0. The first-order chi connectivity index (χ1) is 16.6. The van der Waals surface area contributed by atoms with E-state index in [2.05, 4.69) is 9.82 Å². The normalized spacial score (nSPS) is 16.1. The van der Waals surface area contributed by atoms with Crippen molar-refractivity contribution in [1.29, 1.82) is 0 Å². The number of nitrogens with one attached hydrogen (secondary N) is 1. The third kappa shape index (κ3) is 5.17. The third-order valence-corrected chi connectivity index (χ3v) is 8.50. The van der Waals surface area contributed by atoms with E-state index >= 15 is 0 Å². The molecule has 1 N–H and O–H groups in total. The van der Waals surface area contributed by atoms with Crippen LogP contribution in [0.25, 0.3) is 0 Å². The molecule has 3 aromatic carbocycles. The predicted octanol–water partition coefficient (Wildman–Crippen LogP) is 3.90. The number of anilines is 1. The summed E-state index contributed by atoms with van der Waals surface area (Å²) in [6, 6.07) is 19.3. The molecule has 0 fully saturated rings. The van der Waals surface area contributed by atoms with E-state index in [9.17, 15) is 26.9 Å². The van der Waals surface area contributed by atoms with Crippen LogP contribution in [-0.2, 0) is 20.0 Å². The Balaban J connectivity index is 1.74. The van der Waals surface area contributed by atoms with E-state index in [0.717, 1.165) is 4.41 Å². The molecule has 1 unspecified atom stereocenters. The van der Waals surface area contributed by atoms with Crippen LogP contribution >= 0.6 is 0 Å². The van der Waals surface area contributed by atoms with E-state index in [1.165, 1.54) is 37.3 Å². The minimum absolute atomic E-state index is 0.0461. The molecule has 0 aromatic heterocycles. The molecule has 0 spiro atoms. The van der Waals surface area contributed by atoms with Gasteiger partial charge in [0.25, 0.3) is 15.7 Å². The number of nitro groups is 1. The molecule has 3 aromatic rings. The van der Waals surface area contributed by atoms with Crippen LogP contribution in [0.1, 0.15) is 30.5 Å². The first kappa shape index (κ1) is 24.4. The van der Waals surface area contributed by atoms with E-state index in [-0.39, 0.29) is 22.8 Å². The smallest absolute Gasteiger partial charge is 0.279 e. The van der Waals surface area contributed by atoms with Crippen LogP contribution in [0.15, 0.2) is 88.9 Å². The lowest BCUT2D eigenvalue weighted by Crippen LogP contribution is -2.27. The Morgan fingerprint density at radius 2 is 1.69 bits per heavy atom. The minimum Gasteiger partial charge on any atom is -0.284 e. The summed E-state index contributed by atoms with van der Waals surface area (Å²) in [7, 11) is -7.50. The highest BCUT2D eigenvalue weighted by molar-refractivity contribution is 7.92. The number of hydrogen-bond donors (Lipinski definition) is 1. The van der Waals surface area contributed by atoms with Crippen LogP contribution in [0, 0.1) is 10.1 Å². The van der Waals surface area contributed by atoms with Gasteiger partial charge in [0, 0.05) is 24.2 Å². The van der Waals surface area contributed by atoms with Crippen molar-refractivity contribution >= 4 is 37.1 Å². The van der Waals surface area contributed by atoms with Gasteiger partial charge in [-0.1, -0.05) is 42.5 Å². The van der Waals surface area contributed by atoms with Crippen LogP contribution in [0.2, 0.25) is 0 Å². The molecule has 0 aliphatic carbocycles. The van der Waals surface area contributed by atoms with Gasteiger partial charge in [0.05, 0.1) is 27.3 Å². The van der Waals surface area contributed by atoms with Gasteiger partial charge in [-0.05, 0) is 42.3 Å². The molecule has 0 bridgehead atoms. The van der Waals surface area contributed by atoms with E-state index in [4.69, 9.17) is 0 Å². The average Bonchev–Trinajstić information content (AvgIpc) is 3.31. The number of sulfonamides is 2. The molecule has 4 rings (SSSR count). The fraction of sp³-hybridized carbons (Fsp3) is 0.174. The number of hydrazone groups is 1. The largest absolute Gasteiger partial charge is 0.284 e. The second kappa shape index (κ2) is 9.47. The number of nitro benzene ring substituents is 1. The number of nitrogens with zero attached hydrogens (tertiary/aromatic N) is 3. The summed E-state index contributed by atoms with van der Waals surface area (Å²) in [5.41, 5.74) is 1.71. The van der Waals surface area contributed by atoms with Gasteiger partial charge in [0.2, 0.25) is 10.0 Å². The highest BCUT2D eigenvalue weighted by Gasteiger charge is 2.38. The maximum atomic E-state index is 13.5. The van der Waals surface area contributed by atoms with E-state index in [1.807, 2.05) is 0 Å². The average molecular weight is 515 g/mol. The minimum atomic E-state index is -4.06. The zero-order chi connectivity index (χ0) is 25.2. The van der Waals surface area contributed by atoms with Gasteiger partial charge in [0.15, 0.2) is 0 Å². The van der Waals surface area contributed by atoms with Crippen molar-refractivity contribution in [3.63, 3.8) is 0 Å². The quantitative estimate of drug-likeness (QED) is 0.357. The van der Waals surface area contributed by atoms with E-state index < -0.39 is 31.0 Å². The molecule has 35 heavy (non-hydrogen) atoms. The Bertz CT molecular complexity index is 1490. The fourth-order valence-corrected chi connectivity index (χ4v) is 5.76. The number of rotatable bonds is 8. The van der Waals surface area contributed by atoms with Gasteiger partial charge in [-0.15, -0.1) is 0 Å². The van der Waals surface area contributed by atoms with E-state index in [1.54, 1.807) is 48.5 Å². The van der Waals surface area contributed by atoms with Crippen molar-refractivity contribution in [2.45, 2.75) is 24.3 Å². The lowest BCUT2D eigenvalue weighted by molar-refractivity contribution is -0.384. The van der Waals surface area contributed by atoms with Gasteiger partial charge in [0.1, 0.15) is 0 Å². The molecular formula is C23H22N4O6S2. The monoisotopic (exact) mass is 514 g/mol. The topological polar surface area (TPSA) is 139 Å². The molecule has 0 saturated heterocycles. The summed E-state index contributed by atoms with van der Waals surface area (Å²) in [6.45, 7) is 1.53.